The maximum atomic E-state index is 11.6. The van der Waals surface area contributed by atoms with Crippen LogP contribution in [0.2, 0.25) is 0 Å². The van der Waals surface area contributed by atoms with Gasteiger partial charge in [0.2, 0.25) is 0 Å². The molecule has 0 radical (unpaired) electrons. The second-order valence-electron chi connectivity index (χ2n) is 5.72. The van der Waals surface area contributed by atoms with E-state index in [1.807, 2.05) is 19.1 Å². The van der Waals surface area contributed by atoms with E-state index < -0.39 is 0 Å². The number of nitrogens with zero attached hydrogens (tertiary/aromatic N) is 1. The van der Waals surface area contributed by atoms with Crippen LogP contribution in [-0.2, 0) is 4.74 Å². The summed E-state index contributed by atoms with van der Waals surface area (Å²) in [5.74, 6) is 1.11. The zero-order valence-corrected chi connectivity index (χ0v) is 15.0. The van der Waals surface area contributed by atoms with Crippen LogP contribution >= 0.6 is 0 Å². The zero-order chi connectivity index (χ0) is 18.1. The summed E-state index contributed by atoms with van der Waals surface area (Å²) in [6.07, 6.45) is 3.55. The van der Waals surface area contributed by atoms with Crippen molar-refractivity contribution in [1.82, 2.24) is 4.98 Å². The number of aryl methyl sites for hydroxylation is 1. The predicted octanol–water partition coefficient (Wildman–Crippen LogP) is 4.19. The molecule has 0 saturated carbocycles. The van der Waals surface area contributed by atoms with Crippen molar-refractivity contribution in [3.63, 3.8) is 0 Å². The van der Waals surface area contributed by atoms with Crippen LogP contribution in [0.1, 0.15) is 42.7 Å². The van der Waals surface area contributed by atoms with Gasteiger partial charge in [0.15, 0.2) is 0 Å². The minimum absolute atomic E-state index is 0.0563. The summed E-state index contributed by atoms with van der Waals surface area (Å²) in [4.78, 5) is 15.9. The summed E-state index contributed by atoms with van der Waals surface area (Å²) >= 11 is 0. The fourth-order valence-electron chi connectivity index (χ4n) is 2.31. The molecule has 0 spiro atoms. The topological polar surface area (TPSA) is 57.7 Å². The van der Waals surface area contributed by atoms with E-state index in [4.69, 9.17) is 14.2 Å². The largest absolute Gasteiger partial charge is 0.490 e. The highest BCUT2D eigenvalue weighted by atomic mass is 16.5. The fraction of sp³-hybridized carbons (Fsp3) is 0.400. The number of benzene rings is 1. The standard InChI is InChI=1S/C20H25NO4/c1-4-6-19(25-18-10-7-15(3)21-13-18)14-24-17-11-8-16(9-12-17)20(22)23-5-2/h7-13,19H,4-6,14H2,1-3H3. The van der Waals surface area contributed by atoms with Gasteiger partial charge in [0.25, 0.3) is 0 Å². The average Bonchev–Trinajstić information content (AvgIpc) is 2.62. The molecule has 1 aromatic heterocycles. The van der Waals surface area contributed by atoms with Gasteiger partial charge in [-0.25, -0.2) is 4.79 Å². The lowest BCUT2D eigenvalue weighted by Gasteiger charge is -2.19. The number of carbonyl (C=O) groups excluding carboxylic acids is 1. The van der Waals surface area contributed by atoms with E-state index >= 15 is 0 Å². The highest BCUT2D eigenvalue weighted by Gasteiger charge is 2.12. The van der Waals surface area contributed by atoms with Crippen LogP contribution in [0, 0.1) is 6.92 Å². The lowest BCUT2D eigenvalue weighted by molar-refractivity contribution is 0.0526. The maximum absolute atomic E-state index is 11.6. The Hall–Kier alpha value is -2.56. The molecular formula is C20H25NO4. The molecule has 0 aliphatic heterocycles. The molecule has 0 saturated heterocycles. The van der Waals surface area contributed by atoms with Gasteiger partial charge in [-0.15, -0.1) is 0 Å². The summed E-state index contributed by atoms with van der Waals surface area (Å²) in [6.45, 7) is 6.63. The second kappa shape index (κ2) is 9.67. The van der Waals surface area contributed by atoms with Crippen molar-refractivity contribution in [2.75, 3.05) is 13.2 Å². The minimum Gasteiger partial charge on any atom is -0.490 e. The Kier molecular flexibility index (Phi) is 7.26. The molecule has 134 valence electrons. The van der Waals surface area contributed by atoms with Gasteiger partial charge < -0.3 is 14.2 Å². The predicted molar refractivity (Wildman–Crippen MR) is 96.2 cm³/mol. The first-order chi connectivity index (χ1) is 12.1. The number of esters is 1. The molecule has 0 N–H and O–H groups in total. The molecule has 1 atom stereocenters. The second-order valence-corrected chi connectivity index (χ2v) is 5.72. The highest BCUT2D eigenvalue weighted by Crippen LogP contribution is 2.17. The van der Waals surface area contributed by atoms with Crippen LogP contribution in [0.25, 0.3) is 0 Å². The number of hydrogen-bond acceptors (Lipinski definition) is 5. The quantitative estimate of drug-likeness (QED) is 0.639. The van der Waals surface area contributed by atoms with Crippen molar-refractivity contribution in [2.24, 2.45) is 0 Å². The van der Waals surface area contributed by atoms with Gasteiger partial charge in [-0.3, -0.25) is 4.98 Å². The van der Waals surface area contributed by atoms with Gasteiger partial charge in [0.05, 0.1) is 18.4 Å². The smallest absolute Gasteiger partial charge is 0.338 e. The molecule has 0 fully saturated rings. The SMILES string of the molecule is CCCC(COc1ccc(C(=O)OCC)cc1)Oc1ccc(C)nc1. The molecule has 0 aliphatic carbocycles. The highest BCUT2D eigenvalue weighted by molar-refractivity contribution is 5.89. The first-order valence-electron chi connectivity index (χ1n) is 8.61. The lowest BCUT2D eigenvalue weighted by atomic mass is 10.2. The first kappa shape index (κ1) is 18.8. The van der Waals surface area contributed by atoms with Crippen LogP contribution in [0.3, 0.4) is 0 Å². The number of pyridine rings is 1. The van der Waals surface area contributed by atoms with Crippen LogP contribution in [0.4, 0.5) is 0 Å². The van der Waals surface area contributed by atoms with Gasteiger partial charge in [-0.2, -0.15) is 0 Å². The van der Waals surface area contributed by atoms with Crippen molar-refractivity contribution in [2.45, 2.75) is 39.7 Å². The summed E-state index contributed by atoms with van der Waals surface area (Å²) in [7, 11) is 0. The molecule has 2 rings (SSSR count). The van der Waals surface area contributed by atoms with Crippen molar-refractivity contribution < 1.29 is 19.0 Å². The van der Waals surface area contributed by atoms with Crippen molar-refractivity contribution in [3.8, 4) is 11.5 Å². The van der Waals surface area contributed by atoms with Gasteiger partial charge in [-0.05, 0) is 56.7 Å². The Morgan fingerprint density at radius 1 is 1.08 bits per heavy atom. The number of carbonyl (C=O) groups is 1. The molecule has 0 amide bonds. The third-order valence-corrected chi connectivity index (χ3v) is 3.60. The molecule has 1 aromatic carbocycles. The number of aromatic nitrogens is 1. The van der Waals surface area contributed by atoms with Gasteiger partial charge in [-0.1, -0.05) is 13.3 Å². The number of hydrogen-bond donors (Lipinski definition) is 0. The molecule has 5 nitrogen and oxygen atoms in total. The van der Waals surface area contributed by atoms with Crippen LogP contribution in [0.15, 0.2) is 42.6 Å². The molecule has 2 aromatic rings. The Bertz CT molecular complexity index is 652. The number of ether oxygens (including phenoxy) is 3. The Morgan fingerprint density at radius 2 is 1.80 bits per heavy atom. The Balaban J connectivity index is 1.91. The van der Waals surface area contributed by atoms with E-state index in [9.17, 15) is 4.79 Å². The molecule has 5 heteroatoms. The van der Waals surface area contributed by atoms with Crippen LogP contribution in [0.5, 0.6) is 11.5 Å². The minimum atomic E-state index is -0.326. The lowest BCUT2D eigenvalue weighted by Crippen LogP contribution is -2.24. The van der Waals surface area contributed by atoms with Crippen LogP contribution < -0.4 is 9.47 Å². The van der Waals surface area contributed by atoms with E-state index in [2.05, 4.69) is 11.9 Å². The molecule has 1 unspecified atom stereocenters. The normalized spacial score (nSPS) is 11.6. The Morgan fingerprint density at radius 3 is 2.40 bits per heavy atom. The summed E-state index contributed by atoms with van der Waals surface area (Å²) < 4.78 is 16.7. The Labute approximate surface area is 148 Å². The molecule has 25 heavy (non-hydrogen) atoms. The average molecular weight is 343 g/mol. The molecular weight excluding hydrogens is 318 g/mol. The molecule has 0 bridgehead atoms. The van der Waals surface area contributed by atoms with Crippen LogP contribution in [-0.4, -0.2) is 30.3 Å². The van der Waals surface area contributed by atoms with Gasteiger partial charge in [0.1, 0.15) is 24.2 Å². The maximum Gasteiger partial charge on any atom is 0.338 e. The van der Waals surface area contributed by atoms with Crippen molar-refractivity contribution >= 4 is 5.97 Å². The van der Waals surface area contributed by atoms with E-state index in [1.54, 1.807) is 37.4 Å². The van der Waals surface area contributed by atoms with E-state index in [0.717, 1.165) is 24.3 Å². The van der Waals surface area contributed by atoms with Gasteiger partial charge >= 0.3 is 5.97 Å². The summed E-state index contributed by atoms with van der Waals surface area (Å²) in [5.41, 5.74) is 1.47. The first-order valence-corrected chi connectivity index (χ1v) is 8.61. The summed E-state index contributed by atoms with van der Waals surface area (Å²) in [5, 5.41) is 0. The number of rotatable bonds is 9. The van der Waals surface area contributed by atoms with E-state index in [1.165, 1.54) is 0 Å². The van der Waals surface area contributed by atoms with Crippen molar-refractivity contribution in [3.05, 3.63) is 53.9 Å². The monoisotopic (exact) mass is 343 g/mol. The molecule has 1 heterocycles. The third kappa shape index (κ3) is 6.10. The fourth-order valence-corrected chi connectivity index (χ4v) is 2.31. The van der Waals surface area contributed by atoms with Crippen molar-refractivity contribution in [1.29, 1.82) is 0 Å². The third-order valence-electron chi connectivity index (χ3n) is 3.60. The summed E-state index contributed by atoms with van der Waals surface area (Å²) in [6, 6.07) is 10.8. The van der Waals surface area contributed by atoms with E-state index in [0.29, 0.717) is 24.5 Å². The zero-order valence-electron chi connectivity index (χ0n) is 15.0. The van der Waals surface area contributed by atoms with E-state index in [-0.39, 0.29) is 12.1 Å². The van der Waals surface area contributed by atoms with Gasteiger partial charge in [0, 0.05) is 5.69 Å². The molecule has 0 aliphatic rings.